The molecule has 0 spiro atoms. The Bertz CT molecular complexity index is 823. The minimum atomic E-state index is -0.766. The van der Waals surface area contributed by atoms with E-state index in [0.717, 1.165) is 12.0 Å². The maximum atomic E-state index is 14.2. The average molecular weight is 400 g/mol. The Morgan fingerprint density at radius 2 is 1.76 bits per heavy atom. The molecule has 1 N–H and O–H groups in total. The molecule has 2 rings (SSSR count). The van der Waals surface area contributed by atoms with Crippen LogP contribution in [0.3, 0.4) is 0 Å². The second kappa shape index (κ2) is 10.6. The van der Waals surface area contributed by atoms with E-state index in [4.69, 9.17) is 4.74 Å². The van der Waals surface area contributed by atoms with E-state index in [1.807, 2.05) is 32.9 Å². The molecule has 2 aromatic rings. The molecule has 0 saturated carbocycles. The smallest absolute Gasteiger partial charge is 0.261 e. The molecule has 0 bridgehead atoms. The average Bonchev–Trinajstić information content (AvgIpc) is 2.71. The molecule has 2 atom stereocenters. The van der Waals surface area contributed by atoms with Crippen molar-refractivity contribution in [3.63, 3.8) is 0 Å². The summed E-state index contributed by atoms with van der Waals surface area (Å²) in [6.45, 7) is 7.21. The zero-order chi connectivity index (χ0) is 21.4. The molecular weight excluding hydrogens is 371 g/mol. The van der Waals surface area contributed by atoms with Crippen molar-refractivity contribution in [2.75, 3.05) is 6.61 Å². The lowest BCUT2D eigenvalue weighted by atomic mass is 10.1. The number of nitrogens with zero attached hydrogens (tertiary/aromatic N) is 1. The maximum absolute atomic E-state index is 14.2. The first-order valence-corrected chi connectivity index (χ1v) is 9.84. The van der Waals surface area contributed by atoms with E-state index in [2.05, 4.69) is 5.32 Å². The molecule has 6 heteroatoms. The minimum absolute atomic E-state index is 0.0147. The molecule has 2 aromatic carbocycles. The van der Waals surface area contributed by atoms with Crippen LogP contribution in [0.5, 0.6) is 5.75 Å². The number of rotatable bonds is 9. The van der Waals surface area contributed by atoms with Crippen LogP contribution in [0.4, 0.5) is 4.39 Å². The van der Waals surface area contributed by atoms with Crippen LogP contribution in [0.2, 0.25) is 0 Å². The van der Waals surface area contributed by atoms with Crippen LogP contribution in [0, 0.1) is 12.7 Å². The first-order valence-electron chi connectivity index (χ1n) is 9.84. The predicted octanol–water partition coefficient (Wildman–Crippen LogP) is 3.84. The zero-order valence-corrected chi connectivity index (χ0v) is 17.4. The minimum Gasteiger partial charge on any atom is -0.484 e. The Hall–Kier alpha value is -2.89. The van der Waals surface area contributed by atoms with Gasteiger partial charge in [0, 0.05) is 18.2 Å². The fraction of sp³-hybridized carbons (Fsp3) is 0.391. The van der Waals surface area contributed by atoms with Gasteiger partial charge < -0.3 is 15.0 Å². The van der Waals surface area contributed by atoms with Crippen molar-refractivity contribution in [1.82, 2.24) is 10.2 Å². The molecule has 0 aromatic heterocycles. The fourth-order valence-corrected chi connectivity index (χ4v) is 2.72. The van der Waals surface area contributed by atoms with E-state index in [-0.39, 0.29) is 31.0 Å². The maximum Gasteiger partial charge on any atom is 0.261 e. The van der Waals surface area contributed by atoms with Gasteiger partial charge >= 0.3 is 0 Å². The molecule has 29 heavy (non-hydrogen) atoms. The van der Waals surface area contributed by atoms with Gasteiger partial charge in [-0.05, 0) is 45.4 Å². The molecule has 0 heterocycles. The number of ether oxygens (including phenoxy) is 1. The second-order valence-corrected chi connectivity index (χ2v) is 7.21. The number of amides is 2. The van der Waals surface area contributed by atoms with Gasteiger partial charge in [-0.3, -0.25) is 9.59 Å². The zero-order valence-electron chi connectivity index (χ0n) is 17.4. The Kier molecular flexibility index (Phi) is 8.19. The van der Waals surface area contributed by atoms with E-state index < -0.39 is 11.9 Å². The van der Waals surface area contributed by atoms with Crippen molar-refractivity contribution in [2.45, 2.75) is 52.7 Å². The van der Waals surface area contributed by atoms with E-state index in [1.54, 1.807) is 37.3 Å². The summed E-state index contributed by atoms with van der Waals surface area (Å²) in [4.78, 5) is 26.9. The van der Waals surface area contributed by atoms with Gasteiger partial charge in [-0.25, -0.2) is 4.39 Å². The molecule has 0 saturated heterocycles. The lowest BCUT2D eigenvalue weighted by Gasteiger charge is -2.29. The van der Waals surface area contributed by atoms with Crippen molar-refractivity contribution in [2.24, 2.45) is 0 Å². The number of aryl methyl sites for hydroxylation is 1. The lowest BCUT2D eigenvalue weighted by Crippen LogP contribution is -2.50. The number of carbonyl (C=O) groups excluding carboxylic acids is 2. The van der Waals surface area contributed by atoms with Crippen LogP contribution in [0.25, 0.3) is 0 Å². The summed E-state index contributed by atoms with van der Waals surface area (Å²) in [5.41, 5.74) is 1.43. The number of carbonyl (C=O) groups is 2. The summed E-state index contributed by atoms with van der Waals surface area (Å²) in [6, 6.07) is 12.8. The highest BCUT2D eigenvalue weighted by molar-refractivity contribution is 5.88. The van der Waals surface area contributed by atoms with Crippen molar-refractivity contribution in [1.29, 1.82) is 0 Å². The molecular formula is C23H29FN2O3. The molecule has 156 valence electrons. The van der Waals surface area contributed by atoms with Crippen molar-refractivity contribution >= 4 is 11.8 Å². The van der Waals surface area contributed by atoms with E-state index >= 15 is 0 Å². The number of hydrogen-bond acceptors (Lipinski definition) is 3. The third kappa shape index (κ3) is 6.59. The number of benzene rings is 2. The van der Waals surface area contributed by atoms with Crippen LogP contribution in [0.1, 0.15) is 38.3 Å². The van der Waals surface area contributed by atoms with Gasteiger partial charge in [0.1, 0.15) is 17.6 Å². The van der Waals surface area contributed by atoms with E-state index in [1.165, 1.54) is 11.0 Å². The summed E-state index contributed by atoms with van der Waals surface area (Å²) >= 11 is 0. The summed E-state index contributed by atoms with van der Waals surface area (Å²) in [7, 11) is 0. The standard InChI is InChI=1S/C23H29FN2O3/c1-5-17(3)25-23(28)18(4)26(14-19-8-6-7-9-21(19)24)22(27)15-29-20-12-10-16(2)11-13-20/h6-13,17-18H,5,14-15H2,1-4H3,(H,25,28)/t17-,18-/m1/s1. The van der Waals surface area contributed by atoms with Gasteiger partial charge in [-0.1, -0.05) is 42.8 Å². The predicted molar refractivity (Wildman–Crippen MR) is 111 cm³/mol. The molecule has 2 amide bonds. The summed E-state index contributed by atoms with van der Waals surface area (Å²) in [6.07, 6.45) is 0.774. The number of halogens is 1. The molecule has 0 aliphatic carbocycles. The van der Waals surface area contributed by atoms with Crippen LogP contribution in [-0.2, 0) is 16.1 Å². The molecule has 5 nitrogen and oxygen atoms in total. The van der Waals surface area contributed by atoms with Crippen LogP contribution in [0.15, 0.2) is 48.5 Å². The first kappa shape index (κ1) is 22.4. The summed E-state index contributed by atoms with van der Waals surface area (Å²) in [5.74, 6) is -0.522. The largest absolute Gasteiger partial charge is 0.484 e. The Morgan fingerprint density at radius 1 is 1.10 bits per heavy atom. The van der Waals surface area contributed by atoms with Gasteiger partial charge in [0.2, 0.25) is 5.91 Å². The summed E-state index contributed by atoms with van der Waals surface area (Å²) < 4.78 is 19.7. The normalized spacial score (nSPS) is 12.7. The van der Waals surface area contributed by atoms with Gasteiger partial charge in [0.25, 0.3) is 5.91 Å². The van der Waals surface area contributed by atoms with Crippen LogP contribution < -0.4 is 10.1 Å². The molecule has 0 aliphatic heterocycles. The van der Waals surface area contributed by atoms with E-state index in [9.17, 15) is 14.0 Å². The van der Waals surface area contributed by atoms with Gasteiger partial charge in [-0.15, -0.1) is 0 Å². The third-order valence-electron chi connectivity index (χ3n) is 4.85. The third-order valence-corrected chi connectivity index (χ3v) is 4.85. The topological polar surface area (TPSA) is 58.6 Å². The van der Waals surface area contributed by atoms with Crippen LogP contribution in [-0.4, -0.2) is 35.4 Å². The Labute approximate surface area is 171 Å². The second-order valence-electron chi connectivity index (χ2n) is 7.21. The number of nitrogens with one attached hydrogen (secondary N) is 1. The quantitative estimate of drug-likeness (QED) is 0.696. The van der Waals surface area contributed by atoms with Crippen molar-refractivity contribution in [3.05, 3.63) is 65.5 Å². The SMILES string of the molecule is CC[C@@H](C)NC(=O)[C@@H](C)N(Cc1ccccc1F)C(=O)COc1ccc(C)cc1. The lowest BCUT2D eigenvalue weighted by molar-refractivity contribution is -0.142. The molecule has 0 unspecified atom stereocenters. The van der Waals surface area contributed by atoms with Gasteiger partial charge in [-0.2, -0.15) is 0 Å². The van der Waals surface area contributed by atoms with Gasteiger partial charge in [0.05, 0.1) is 0 Å². The fourth-order valence-electron chi connectivity index (χ4n) is 2.72. The molecule has 0 radical (unpaired) electrons. The molecule has 0 aliphatic rings. The Balaban J connectivity index is 2.15. The highest BCUT2D eigenvalue weighted by Crippen LogP contribution is 2.15. The Morgan fingerprint density at radius 3 is 2.38 bits per heavy atom. The van der Waals surface area contributed by atoms with Crippen molar-refractivity contribution in [3.8, 4) is 5.75 Å². The highest BCUT2D eigenvalue weighted by Gasteiger charge is 2.27. The van der Waals surface area contributed by atoms with Crippen LogP contribution >= 0.6 is 0 Å². The van der Waals surface area contributed by atoms with E-state index in [0.29, 0.717) is 11.3 Å². The van der Waals surface area contributed by atoms with Crippen molar-refractivity contribution < 1.29 is 18.7 Å². The summed E-state index contributed by atoms with van der Waals surface area (Å²) in [5, 5.41) is 2.88. The molecule has 0 fully saturated rings. The monoisotopic (exact) mass is 400 g/mol. The number of hydrogen-bond donors (Lipinski definition) is 1. The first-order chi connectivity index (χ1) is 13.8. The van der Waals surface area contributed by atoms with Gasteiger partial charge in [0.15, 0.2) is 6.61 Å². The highest BCUT2D eigenvalue weighted by atomic mass is 19.1.